The summed E-state index contributed by atoms with van der Waals surface area (Å²) in [6.07, 6.45) is 1.56. The van der Waals surface area contributed by atoms with Crippen LogP contribution in [-0.2, 0) is 6.54 Å². The maximum absolute atomic E-state index is 13.2. The van der Waals surface area contributed by atoms with Crippen molar-refractivity contribution >= 4 is 61.0 Å². The van der Waals surface area contributed by atoms with Gasteiger partial charge in [0.25, 0.3) is 11.8 Å². The average Bonchev–Trinajstić information content (AvgIpc) is 3.21. The fraction of sp³-hybridized carbons (Fsp3) is 0.0833. The van der Waals surface area contributed by atoms with E-state index in [4.69, 9.17) is 11.6 Å². The van der Waals surface area contributed by atoms with E-state index in [-0.39, 0.29) is 11.6 Å². The summed E-state index contributed by atoms with van der Waals surface area (Å²) in [7, 11) is 0. The summed E-state index contributed by atoms with van der Waals surface area (Å²) in [5.74, 6) is -0.485. The van der Waals surface area contributed by atoms with E-state index in [9.17, 15) is 9.59 Å². The average molecular weight is 604 g/mol. The summed E-state index contributed by atoms with van der Waals surface area (Å²) in [6.45, 7) is 2.36. The second-order valence-electron chi connectivity index (χ2n) is 7.39. The molecule has 2 aromatic heterocycles. The van der Waals surface area contributed by atoms with Crippen LogP contribution in [0.2, 0.25) is 5.02 Å². The van der Waals surface area contributed by atoms with Gasteiger partial charge in [-0.1, -0.05) is 57.4 Å². The molecule has 0 saturated heterocycles. The molecule has 0 aliphatic rings. The summed E-state index contributed by atoms with van der Waals surface area (Å²) in [6, 6.07) is 17.9. The molecule has 2 aromatic carbocycles. The molecule has 10 heteroatoms. The summed E-state index contributed by atoms with van der Waals surface area (Å²) < 4.78 is 2.49. The van der Waals surface area contributed by atoms with E-state index < -0.39 is 5.91 Å². The van der Waals surface area contributed by atoms with Crippen molar-refractivity contribution in [3.05, 3.63) is 103 Å². The van der Waals surface area contributed by atoms with Gasteiger partial charge >= 0.3 is 0 Å². The molecule has 2 N–H and O–H groups in total. The van der Waals surface area contributed by atoms with Crippen LogP contribution in [0.5, 0.6) is 0 Å². The van der Waals surface area contributed by atoms with E-state index in [1.165, 1.54) is 4.68 Å². The van der Waals surface area contributed by atoms with Crippen LogP contribution in [0.4, 0.5) is 5.69 Å². The molecular weight excluding hydrogens is 586 g/mol. The lowest BCUT2D eigenvalue weighted by atomic mass is 10.1. The van der Waals surface area contributed by atoms with Gasteiger partial charge in [0.2, 0.25) is 0 Å². The number of carbonyl (C=O) groups excluding carboxylic acids is 2. The van der Waals surface area contributed by atoms with Crippen molar-refractivity contribution in [3.8, 4) is 5.82 Å². The Labute approximate surface area is 217 Å². The quantitative estimate of drug-likeness (QED) is 0.286. The van der Waals surface area contributed by atoms with Gasteiger partial charge in [-0.15, -0.1) is 0 Å². The molecule has 0 unspecified atom stereocenters. The van der Waals surface area contributed by atoms with Crippen molar-refractivity contribution in [1.29, 1.82) is 0 Å². The molecule has 0 saturated carbocycles. The third-order valence-electron chi connectivity index (χ3n) is 4.90. The Morgan fingerprint density at radius 2 is 1.79 bits per heavy atom. The van der Waals surface area contributed by atoms with Gasteiger partial charge in [0.05, 0.1) is 16.3 Å². The first-order chi connectivity index (χ1) is 16.3. The zero-order chi connectivity index (χ0) is 24.2. The predicted molar refractivity (Wildman–Crippen MR) is 139 cm³/mol. The van der Waals surface area contributed by atoms with Gasteiger partial charge in [-0.05, 0) is 58.7 Å². The third kappa shape index (κ3) is 5.55. The first kappa shape index (κ1) is 24.1. The maximum Gasteiger partial charge on any atom is 0.274 e. The Morgan fingerprint density at radius 1 is 1.03 bits per heavy atom. The lowest BCUT2D eigenvalue weighted by molar-refractivity contribution is 0.0951. The Bertz CT molecular complexity index is 1370. The van der Waals surface area contributed by atoms with Gasteiger partial charge in [-0.25, -0.2) is 9.67 Å². The number of pyridine rings is 1. The fourth-order valence-corrected chi connectivity index (χ4v) is 4.13. The third-order valence-corrected chi connectivity index (χ3v) is 6.08. The van der Waals surface area contributed by atoms with Crippen molar-refractivity contribution < 1.29 is 9.59 Å². The van der Waals surface area contributed by atoms with Gasteiger partial charge < -0.3 is 10.6 Å². The zero-order valence-electron chi connectivity index (χ0n) is 17.8. The molecule has 2 amide bonds. The Kier molecular flexibility index (Phi) is 7.45. The summed E-state index contributed by atoms with van der Waals surface area (Å²) in [4.78, 5) is 30.4. The zero-order valence-corrected chi connectivity index (χ0v) is 21.8. The number of benzene rings is 2. The van der Waals surface area contributed by atoms with E-state index in [2.05, 4.69) is 52.6 Å². The topological polar surface area (TPSA) is 88.9 Å². The molecule has 0 aliphatic carbocycles. The van der Waals surface area contributed by atoms with Crippen LogP contribution in [0.3, 0.4) is 0 Å². The van der Waals surface area contributed by atoms with Crippen LogP contribution in [0.1, 0.15) is 32.0 Å². The number of nitrogens with one attached hydrogen (secondary N) is 2. The van der Waals surface area contributed by atoms with Gasteiger partial charge in [0.15, 0.2) is 5.82 Å². The lowest BCUT2D eigenvalue weighted by Crippen LogP contribution is -2.25. The number of anilines is 1. The first-order valence-electron chi connectivity index (χ1n) is 10.1. The van der Waals surface area contributed by atoms with E-state index >= 15 is 0 Å². The van der Waals surface area contributed by atoms with Gasteiger partial charge in [0.1, 0.15) is 10.3 Å². The summed E-state index contributed by atoms with van der Waals surface area (Å²) >= 11 is 13.0. The van der Waals surface area contributed by atoms with Crippen LogP contribution >= 0.6 is 43.5 Å². The number of aromatic nitrogens is 3. The minimum atomic E-state index is -0.477. The largest absolute Gasteiger partial charge is 0.348 e. The van der Waals surface area contributed by atoms with Crippen LogP contribution in [0.15, 0.2) is 75.9 Å². The number of nitrogens with zero attached hydrogens (tertiary/aromatic N) is 3. The standard InChI is InChI=1S/C24H18Br2ClN5O2/c1-14-4-6-15(7-5-14)13-29-23(33)17-11-16(25)8-9-19(17)30-24(34)20-12-21(26)31-32(20)22-18(27)3-2-10-28-22/h2-12H,13H2,1H3,(H,29,33)(H,30,34). The Hall–Kier alpha value is -3.01. The molecule has 34 heavy (non-hydrogen) atoms. The fourth-order valence-electron chi connectivity index (χ4n) is 3.19. The highest BCUT2D eigenvalue weighted by molar-refractivity contribution is 9.10. The molecule has 0 bridgehead atoms. The number of amides is 2. The summed E-state index contributed by atoms with van der Waals surface area (Å²) in [5.41, 5.74) is 2.98. The Morgan fingerprint density at radius 3 is 2.53 bits per heavy atom. The highest BCUT2D eigenvalue weighted by Crippen LogP contribution is 2.25. The molecule has 0 radical (unpaired) electrons. The van der Waals surface area contributed by atoms with Crippen molar-refractivity contribution in [2.75, 3.05) is 5.32 Å². The van der Waals surface area contributed by atoms with Crippen LogP contribution in [0.25, 0.3) is 5.82 Å². The molecule has 7 nitrogen and oxygen atoms in total. The van der Waals surface area contributed by atoms with Gasteiger partial charge in [0, 0.05) is 23.3 Å². The van der Waals surface area contributed by atoms with Gasteiger partial charge in [-0.2, -0.15) is 5.10 Å². The monoisotopic (exact) mass is 601 g/mol. The Balaban J connectivity index is 1.58. The minimum Gasteiger partial charge on any atom is -0.348 e. The second kappa shape index (κ2) is 10.5. The molecule has 0 atom stereocenters. The number of rotatable bonds is 6. The highest BCUT2D eigenvalue weighted by atomic mass is 79.9. The number of hydrogen-bond acceptors (Lipinski definition) is 4. The molecule has 0 aliphatic heterocycles. The van der Waals surface area contributed by atoms with Crippen molar-refractivity contribution in [2.45, 2.75) is 13.5 Å². The van der Waals surface area contributed by atoms with E-state index in [1.807, 2.05) is 31.2 Å². The van der Waals surface area contributed by atoms with Crippen LogP contribution in [-0.4, -0.2) is 26.6 Å². The van der Waals surface area contributed by atoms with Crippen LogP contribution < -0.4 is 10.6 Å². The second-order valence-corrected chi connectivity index (χ2v) is 9.52. The molecule has 2 heterocycles. The normalized spacial score (nSPS) is 10.7. The molecule has 0 fully saturated rings. The van der Waals surface area contributed by atoms with Crippen LogP contribution in [0, 0.1) is 6.92 Å². The maximum atomic E-state index is 13.2. The number of halogens is 3. The molecule has 4 rings (SSSR count). The van der Waals surface area contributed by atoms with E-state index in [1.54, 1.807) is 42.6 Å². The molecular formula is C24H18Br2ClN5O2. The molecule has 4 aromatic rings. The predicted octanol–water partition coefficient (Wildman–Crippen LogP) is 5.94. The lowest BCUT2D eigenvalue weighted by Gasteiger charge is -2.13. The summed E-state index contributed by atoms with van der Waals surface area (Å²) in [5, 5.41) is 10.3. The molecule has 172 valence electrons. The van der Waals surface area contributed by atoms with Crippen molar-refractivity contribution in [2.24, 2.45) is 0 Å². The first-order valence-corrected chi connectivity index (χ1v) is 12.1. The van der Waals surface area contributed by atoms with Gasteiger partial charge in [-0.3, -0.25) is 9.59 Å². The molecule has 0 spiro atoms. The highest BCUT2D eigenvalue weighted by Gasteiger charge is 2.21. The van der Waals surface area contributed by atoms with E-state index in [0.717, 1.165) is 11.1 Å². The number of hydrogen-bond donors (Lipinski definition) is 2. The number of aryl methyl sites for hydroxylation is 1. The SMILES string of the molecule is Cc1ccc(CNC(=O)c2cc(Br)ccc2NC(=O)c2cc(Br)nn2-c2ncccc2Cl)cc1. The van der Waals surface area contributed by atoms with Crippen molar-refractivity contribution in [3.63, 3.8) is 0 Å². The minimum absolute atomic E-state index is 0.196. The van der Waals surface area contributed by atoms with E-state index in [0.29, 0.717) is 37.7 Å². The number of carbonyl (C=O) groups is 2. The smallest absolute Gasteiger partial charge is 0.274 e. The van der Waals surface area contributed by atoms with Crippen molar-refractivity contribution in [1.82, 2.24) is 20.1 Å².